The second-order valence-electron chi connectivity index (χ2n) is 5.71. The summed E-state index contributed by atoms with van der Waals surface area (Å²) >= 11 is 2.29. The molecule has 0 radical (unpaired) electrons. The summed E-state index contributed by atoms with van der Waals surface area (Å²) < 4.78 is 17.9. The molecular formula is C12H20INO4. The lowest BCUT2D eigenvalue weighted by molar-refractivity contribution is -0.151. The minimum absolute atomic E-state index is 0.00304. The van der Waals surface area contributed by atoms with Crippen LogP contribution in [-0.2, 0) is 14.2 Å². The molecule has 6 heteroatoms. The summed E-state index contributed by atoms with van der Waals surface area (Å²) in [4.78, 5) is 13.6. The Labute approximate surface area is 121 Å². The first-order valence-corrected chi connectivity index (χ1v) is 7.72. The predicted octanol–water partition coefficient (Wildman–Crippen LogP) is 1.82. The third-order valence-corrected chi connectivity index (χ3v) is 3.88. The first-order valence-electron chi connectivity index (χ1n) is 6.20. The van der Waals surface area contributed by atoms with Gasteiger partial charge in [-0.2, -0.15) is 0 Å². The number of carbonyl (C=O) groups is 1. The molecule has 3 atom stereocenters. The van der Waals surface area contributed by atoms with Gasteiger partial charge in [0.25, 0.3) is 0 Å². The molecule has 0 spiro atoms. The molecule has 5 nitrogen and oxygen atoms in total. The van der Waals surface area contributed by atoms with Crippen LogP contribution >= 0.6 is 22.6 Å². The largest absolute Gasteiger partial charge is 0.444 e. The van der Waals surface area contributed by atoms with Crippen molar-refractivity contribution < 1.29 is 19.0 Å². The lowest BCUT2D eigenvalue weighted by atomic mass is 10.2. The summed E-state index contributed by atoms with van der Waals surface area (Å²) in [6.45, 7) is 7.35. The standard InChI is InChI=1S/C12H20INO4/c1-12(2,3)18-11(15)14-5-9-10(6-14)17-8(4-13)7-16-9/h8-10H,4-7H2,1-3H3. The highest BCUT2D eigenvalue weighted by atomic mass is 127. The Morgan fingerprint density at radius 2 is 2.06 bits per heavy atom. The monoisotopic (exact) mass is 369 g/mol. The van der Waals surface area contributed by atoms with E-state index in [0.29, 0.717) is 19.7 Å². The number of rotatable bonds is 1. The van der Waals surface area contributed by atoms with Crippen molar-refractivity contribution in [1.29, 1.82) is 0 Å². The Balaban J connectivity index is 1.90. The average Bonchev–Trinajstić information content (AvgIpc) is 2.69. The van der Waals surface area contributed by atoms with E-state index in [9.17, 15) is 4.79 Å². The van der Waals surface area contributed by atoms with E-state index >= 15 is 0 Å². The van der Waals surface area contributed by atoms with Crippen molar-refractivity contribution in [2.75, 3.05) is 24.1 Å². The van der Waals surface area contributed by atoms with Crippen LogP contribution in [0.4, 0.5) is 4.79 Å². The van der Waals surface area contributed by atoms with Crippen molar-refractivity contribution in [1.82, 2.24) is 4.90 Å². The van der Waals surface area contributed by atoms with Gasteiger partial charge in [-0.15, -0.1) is 0 Å². The van der Waals surface area contributed by atoms with Crippen molar-refractivity contribution in [3.8, 4) is 0 Å². The topological polar surface area (TPSA) is 48.0 Å². The Hall–Kier alpha value is -0.0800. The third kappa shape index (κ3) is 3.48. The predicted molar refractivity (Wildman–Crippen MR) is 75.1 cm³/mol. The molecule has 0 aliphatic carbocycles. The fraction of sp³-hybridized carbons (Fsp3) is 0.917. The molecule has 3 unspecified atom stereocenters. The summed E-state index contributed by atoms with van der Waals surface area (Å²) in [5, 5.41) is 0. The Kier molecular flexibility index (Phi) is 4.38. The maximum Gasteiger partial charge on any atom is 0.410 e. The average molecular weight is 369 g/mol. The summed E-state index contributed by atoms with van der Waals surface area (Å²) in [6.07, 6.45) is -0.150. The van der Waals surface area contributed by atoms with Crippen molar-refractivity contribution in [3.05, 3.63) is 0 Å². The number of fused-ring (bicyclic) bond motifs is 1. The molecule has 2 aliphatic rings. The van der Waals surface area contributed by atoms with Gasteiger partial charge in [0.2, 0.25) is 0 Å². The zero-order chi connectivity index (χ0) is 13.3. The summed E-state index contributed by atoms with van der Waals surface area (Å²) in [6, 6.07) is 0. The van der Waals surface area contributed by atoms with Crippen LogP contribution in [0.25, 0.3) is 0 Å². The maximum atomic E-state index is 11.9. The smallest absolute Gasteiger partial charge is 0.410 e. The molecule has 0 aromatic carbocycles. The molecule has 2 heterocycles. The zero-order valence-corrected chi connectivity index (χ0v) is 13.2. The molecule has 18 heavy (non-hydrogen) atoms. The van der Waals surface area contributed by atoms with Gasteiger partial charge >= 0.3 is 6.09 Å². The molecule has 104 valence electrons. The quantitative estimate of drug-likeness (QED) is 0.523. The molecule has 1 amide bonds. The second-order valence-corrected chi connectivity index (χ2v) is 6.59. The molecule has 0 N–H and O–H groups in total. The number of nitrogens with zero attached hydrogens (tertiary/aromatic N) is 1. The van der Waals surface area contributed by atoms with Crippen molar-refractivity contribution >= 4 is 28.7 Å². The van der Waals surface area contributed by atoms with E-state index in [0.717, 1.165) is 4.43 Å². The number of alkyl halides is 1. The molecule has 0 saturated carbocycles. The van der Waals surface area contributed by atoms with E-state index in [-0.39, 0.29) is 24.4 Å². The van der Waals surface area contributed by atoms with Crippen molar-refractivity contribution in [2.45, 2.75) is 44.7 Å². The van der Waals surface area contributed by atoms with Gasteiger partial charge in [0.05, 0.1) is 25.8 Å². The molecule has 2 rings (SSSR count). The molecule has 0 bridgehead atoms. The van der Waals surface area contributed by atoms with Gasteiger partial charge in [0, 0.05) is 4.43 Å². The number of likely N-dealkylation sites (tertiary alicyclic amines) is 1. The molecule has 2 aliphatic heterocycles. The lowest BCUT2D eigenvalue weighted by Crippen LogP contribution is -2.43. The second kappa shape index (κ2) is 5.50. The van der Waals surface area contributed by atoms with Gasteiger partial charge in [-0.05, 0) is 20.8 Å². The number of halogens is 1. The fourth-order valence-corrected chi connectivity index (χ4v) is 2.57. The van der Waals surface area contributed by atoms with Crippen LogP contribution in [0.5, 0.6) is 0 Å². The number of hydrogen-bond donors (Lipinski definition) is 0. The van der Waals surface area contributed by atoms with Gasteiger partial charge in [0.1, 0.15) is 17.8 Å². The van der Waals surface area contributed by atoms with E-state index in [4.69, 9.17) is 14.2 Å². The Bertz CT molecular complexity index is 318. The first kappa shape index (κ1) is 14.3. The van der Waals surface area contributed by atoms with E-state index < -0.39 is 5.60 Å². The number of hydrogen-bond acceptors (Lipinski definition) is 4. The zero-order valence-electron chi connectivity index (χ0n) is 11.0. The van der Waals surface area contributed by atoms with Crippen LogP contribution < -0.4 is 0 Å². The lowest BCUT2D eigenvalue weighted by Gasteiger charge is -2.30. The minimum Gasteiger partial charge on any atom is -0.444 e. The van der Waals surface area contributed by atoms with E-state index in [1.54, 1.807) is 4.90 Å². The third-order valence-electron chi connectivity index (χ3n) is 2.90. The Morgan fingerprint density at radius 1 is 1.39 bits per heavy atom. The Morgan fingerprint density at radius 3 is 2.67 bits per heavy atom. The summed E-state index contributed by atoms with van der Waals surface area (Å²) in [7, 11) is 0. The molecule has 0 aromatic heterocycles. The minimum atomic E-state index is -0.461. The number of amides is 1. The van der Waals surface area contributed by atoms with Gasteiger partial charge in [-0.3, -0.25) is 0 Å². The normalized spacial score (nSPS) is 32.2. The molecule has 0 aromatic rings. The van der Waals surface area contributed by atoms with Crippen LogP contribution in [0.2, 0.25) is 0 Å². The van der Waals surface area contributed by atoms with Crippen LogP contribution in [-0.4, -0.2) is 59.0 Å². The SMILES string of the molecule is CC(C)(C)OC(=O)N1CC2OCC(CI)OC2C1. The van der Waals surface area contributed by atoms with Gasteiger partial charge in [0.15, 0.2) is 0 Å². The van der Waals surface area contributed by atoms with Crippen LogP contribution in [0.3, 0.4) is 0 Å². The first-order chi connectivity index (χ1) is 8.39. The molecule has 2 saturated heterocycles. The van der Waals surface area contributed by atoms with Crippen molar-refractivity contribution in [2.24, 2.45) is 0 Å². The number of carbonyl (C=O) groups excluding carboxylic acids is 1. The van der Waals surface area contributed by atoms with E-state index in [1.807, 2.05) is 20.8 Å². The summed E-state index contributed by atoms with van der Waals surface area (Å²) in [5.41, 5.74) is -0.461. The van der Waals surface area contributed by atoms with Crippen molar-refractivity contribution in [3.63, 3.8) is 0 Å². The number of ether oxygens (including phenoxy) is 3. The van der Waals surface area contributed by atoms with Crippen LogP contribution in [0, 0.1) is 0 Å². The molecular weight excluding hydrogens is 349 g/mol. The highest BCUT2D eigenvalue weighted by Gasteiger charge is 2.42. The molecule has 2 fully saturated rings. The van der Waals surface area contributed by atoms with E-state index in [2.05, 4.69) is 22.6 Å². The van der Waals surface area contributed by atoms with E-state index in [1.165, 1.54) is 0 Å². The summed E-state index contributed by atoms with van der Waals surface area (Å²) in [5.74, 6) is 0. The maximum absolute atomic E-state index is 11.9. The van der Waals surface area contributed by atoms with Crippen LogP contribution in [0.1, 0.15) is 20.8 Å². The van der Waals surface area contributed by atoms with Crippen LogP contribution in [0.15, 0.2) is 0 Å². The fourth-order valence-electron chi connectivity index (χ4n) is 2.11. The highest BCUT2D eigenvalue weighted by molar-refractivity contribution is 14.1. The highest BCUT2D eigenvalue weighted by Crippen LogP contribution is 2.25. The van der Waals surface area contributed by atoms with Gasteiger partial charge in [-0.25, -0.2) is 4.79 Å². The van der Waals surface area contributed by atoms with Gasteiger partial charge < -0.3 is 19.1 Å². The van der Waals surface area contributed by atoms with Gasteiger partial charge in [-0.1, -0.05) is 22.6 Å².